The van der Waals surface area contributed by atoms with Crippen LogP contribution < -0.4 is 20.1 Å². The highest BCUT2D eigenvalue weighted by molar-refractivity contribution is 5.44. The summed E-state index contributed by atoms with van der Waals surface area (Å²) in [6, 6.07) is 6.44. The molecule has 3 rings (SSSR count). The van der Waals surface area contributed by atoms with Crippen LogP contribution in [0.2, 0.25) is 0 Å². The summed E-state index contributed by atoms with van der Waals surface area (Å²) < 4.78 is 16.5. The minimum absolute atomic E-state index is 0.442. The average molecular weight is 290 g/mol. The Balaban J connectivity index is 1.52. The first-order valence-electron chi connectivity index (χ1n) is 6.94. The summed E-state index contributed by atoms with van der Waals surface area (Å²) >= 11 is 0. The molecule has 2 N–H and O–H groups in total. The molecule has 0 amide bonds. The van der Waals surface area contributed by atoms with Gasteiger partial charge in [-0.3, -0.25) is 0 Å². The number of nitrogens with zero attached hydrogens (tertiary/aromatic N) is 2. The molecule has 1 aromatic heterocycles. The Hall–Kier alpha value is -2.28. The lowest BCUT2D eigenvalue weighted by Crippen LogP contribution is -2.15. The van der Waals surface area contributed by atoms with Gasteiger partial charge in [0.1, 0.15) is 13.2 Å². The van der Waals surface area contributed by atoms with Crippen molar-refractivity contribution < 1.29 is 13.9 Å². The van der Waals surface area contributed by atoms with E-state index >= 15 is 0 Å². The predicted molar refractivity (Wildman–Crippen MR) is 76.7 cm³/mol. The molecule has 0 saturated heterocycles. The zero-order valence-electron chi connectivity index (χ0n) is 11.9. The van der Waals surface area contributed by atoms with E-state index in [-0.39, 0.29) is 0 Å². The molecule has 0 aliphatic carbocycles. The maximum absolute atomic E-state index is 5.57. The van der Waals surface area contributed by atoms with Crippen molar-refractivity contribution in [3.05, 3.63) is 29.7 Å². The molecule has 1 aromatic carbocycles. The lowest BCUT2D eigenvalue weighted by molar-refractivity contribution is 0.171. The zero-order chi connectivity index (χ0) is 14.5. The van der Waals surface area contributed by atoms with E-state index in [1.54, 1.807) is 0 Å². The molecule has 7 heteroatoms. The lowest BCUT2D eigenvalue weighted by Gasteiger charge is -2.18. The Labute approximate surface area is 122 Å². The number of aromatic nitrogens is 2. The lowest BCUT2D eigenvalue weighted by atomic mass is 10.1. The maximum Gasteiger partial charge on any atom is 0.315 e. The van der Waals surface area contributed by atoms with Crippen molar-refractivity contribution in [2.24, 2.45) is 0 Å². The van der Waals surface area contributed by atoms with E-state index in [9.17, 15) is 0 Å². The van der Waals surface area contributed by atoms with Gasteiger partial charge in [-0.1, -0.05) is 11.2 Å². The van der Waals surface area contributed by atoms with Crippen molar-refractivity contribution >= 4 is 6.01 Å². The summed E-state index contributed by atoms with van der Waals surface area (Å²) in [4.78, 5) is 0. The molecule has 112 valence electrons. The van der Waals surface area contributed by atoms with Crippen LogP contribution in [0.3, 0.4) is 0 Å². The van der Waals surface area contributed by atoms with Crippen LogP contribution in [0.25, 0.3) is 0 Å². The molecule has 0 atom stereocenters. The monoisotopic (exact) mass is 290 g/mol. The van der Waals surface area contributed by atoms with Crippen LogP contribution in [0.5, 0.6) is 11.5 Å². The van der Waals surface area contributed by atoms with Crippen LogP contribution in [0.4, 0.5) is 6.01 Å². The summed E-state index contributed by atoms with van der Waals surface area (Å²) in [5.74, 6) is 2.19. The fraction of sp³-hybridized carbons (Fsp3) is 0.429. The summed E-state index contributed by atoms with van der Waals surface area (Å²) in [5.41, 5.74) is 1.17. The molecule has 0 bridgehead atoms. The van der Waals surface area contributed by atoms with Gasteiger partial charge in [0, 0.05) is 6.54 Å². The normalized spacial score (nSPS) is 13.2. The minimum atomic E-state index is 0.442. The van der Waals surface area contributed by atoms with E-state index < -0.39 is 0 Å². The Bertz CT molecular complexity index is 600. The first kappa shape index (κ1) is 13.7. The van der Waals surface area contributed by atoms with Crippen molar-refractivity contribution in [1.29, 1.82) is 0 Å². The predicted octanol–water partition coefficient (Wildman–Crippen LogP) is 1.21. The maximum atomic E-state index is 5.57. The Morgan fingerprint density at radius 3 is 2.86 bits per heavy atom. The molecule has 0 radical (unpaired) electrons. The Morgan fingerprint density at radius 1 is 1.14 bits per heavy atom. The van der Waals surface area contributed by atoms with Crippen LogP contribution in [0.1, 0.15) is 11.5 Å². The summed E-state index contributed by atoms with van der Waals surface area (Å²) in [6.45, 7) is 2.49. The number of rotatable bonds is 6. The smallest absolute Gasteiger partial charge is 0.315 e. The first-order valence-corrected chi connectivity index (χ1v) is 6.94. The van der Waals surface area contributed by atoms with Crippen molar-refractivity contribution in [2.45, 2.75) is 13.0 Å². The van der Waals surface area contributed by atoms with Crippen molar-refractivity contribution in [2.75, 3.05) is 32.1 Å². The number of benzene rings is 1. The van der Waals surface area contributed by atoms with Gasteiger partial charge in [0.2, 0.25) is 5.89 Å². The number of ether oxygens (including phenoxy) is 2. The van der Waals surface area contributed by atoms with Crippen LogP contribution in [0.15, 0.2) is 22.6 Å². The van der Waals surface area contributed by atoms with E-state index in [0.29, 0.717) is 38.2 Å². The summed E-state index contributed by atoms with van der Waals surface area (Å²) in [5, 5.41) is 13.9. The Kier molecular flexibility index (Phi) is 4.20. The topological polar surface area (TPSA) is 81.4 Å². The van der Waals surface area contributed by atoms with Gasteiger partial charge in [-0.2, -0.15) is 0 Å². The SMILES string of the molecule is CNCc1nnc(NCCc2ccc3c(c2)OCCO3)o1. The molecule has 21 heavy (non-hydrogen) atoms. The summed E-state index contributed by atoms with van der Waals surface area (Å²) in [6.07, 6.45) is 0.834. The van der Waals surface area contributed by atoms with E-state index in [4.69, 9.17) is 13.9 Å². The fourth-order valence-electron chi connectivity index (χ4n) is 2.10. The van der Waals surface area contributed by atoms with Gasteiger partial charge in [0.15, 0.2) is 11.5 Å². The van der Waals surface area contributed by atoms with Gasteiger partial charge < -0.3 is 24.5 Å². The molecule has 2 aromatic rings. The molecule has 1 aliphatic rings. The number of hydrogen-bond donors (Lipinski definition) is 2. The van der Waals surface area contributed by atoms with E-state index in [1.807, 2.05) is 25.2 Å². The standard InChI is InChI=1S/C14H18N4O3/c1-15-9-13-17-18-14(21-13)16-5-4-10-2-3-11-12(8-10)20-7-6-19-11/h2-3,8,15H,4-7,9H2,1H3,(H,16,18). The number of hydrogen-bond acceptors (Lipinski definition) is 7. The minimum Gasteiger partial charge on any atom is -0.486 e. The van der Waals surface area contributed by atoms with Crippen molar-refractivity contribution in [1.82, 2.24) is 15.5 Å². The number of anilines is 1. The highest BCUT2D eigenvalue weighted by atomic mass is 16.6. The van der Waals surface area contributed by atoms with Gasteiger partial charge >= 0.3 is 6.01 Å². The van der Waals surface area contributed by atoms with E-state index in [1.165, 1.54) is 5.56 Å². The van der Waals surface area contributed by atoms with Crippen LogP contribution >= 0.6 is 0 Å². The second-order valence-electron chi connectivity index (χ2n) is 4.69. The molecule has 0 unspecified atom stereocenters. The quantitative estimate of drug-likeness (QED) is 0.827. The number of fused-ring (bicyclic) bond motifs is 1. The second-order valence-corrected chi connectivity index (χ2v) is 4.69. The average Bonchev–Trinajstić information content (AvgIpc) is 2.95. The van der Waals surface area contributed by atoms with Gasteiger partial charge in [-0.15, -0.1) is 5.10 Å². The number of nitrogens with one attached hydrogen (secondary N) is 2. The molecule has 1 aliphatic heterocycles. The highest BCUT2D eigenvalue weighted by Crippen LogP contribution is 2.30. The molecule has 7 nitrogen and oxygen atoms in total. The second kappa shape index (κ2) is 6.45. The zero-order valence-corrected chi connectivity index (χ0v) is 11.9. The van der Waals surface area contributed by atoms with Crippen molar-refractivity contribution in [3.63, 3.8) is 0 Å². The summed E-state index contributed by atoms with van der Waals surface area (Å²) in [7, 11) is 1.83. The first-order chi connectivity index (χ1) is 10.3. The molecule has 0 spiro atoms. The molecule has 0 fully saturated rings. The van der Waals surface area contributed by atoms with E-state index in [0.717, 1.165) is 17.9 Å². The fourth-order valence-corrected chi connectivity index (χ4v) is 2.10. The Morgan fingerprint density at radius 2 is 2.00 bits per heavy atom. The van der Waals surface area contributed by atoms with Gasteiger partial charge in [-0.25, -0.2) is 0 Å². The molecular formula is C14H18N4O3. The highest BCUT2D eigenvalue weighted by Gasteiger charge is 2.11. The van der Waals surface area contributed by atoms with Crippen LogP contribution in [-0.2, 0) is 13.0 Å². The van der Waals surface area contributed by atoms with Crippen molar-refractivity contribution in [3.8, 4) is 11.5 Å². The molecular weight excluding hydrogens is 272 g/mol. The largest absolute Gasteiger partial charge is 0.486 e. The third kappa shape index (κ3) is 3.43. The third-order valence-electron chi connectivity index (χ3n) is 3.09. The van der Waals surface area contributed by atoms with E-state index in [2.05, 4.69) is 20.8 Å². The van der Waals surface area contributed by atoms with Gasteiger partial charge in [-0.05, 0) is 31.2 Å². The van der Waals surface area contributed by atoms with Gasteiger partial charge in [0.05, 0.1) is 6.54 Å². The third-order valence-corrected chi connectivity index (χ3v) is 3.09. The van der Waals surface area contributed by atoms with Crippen LogP contribution in [0, 0.1) is 0 Å². The van der Waals surface area contributed by atoms with Gasteiger partial charge in [0.25, 0.3) is 0 Å². The molecule has 2 heterocycles. The molecule has 0 saturated carbocycles. The van der Waals surface area contributed by atoms with Crippen LogP contribution in [-0.4, -0.2) is 37.0 Å².